The highest BCUT2D eigenvalue weighted by atomic mass is 32.1. The standard InChI is InChI=1S/C7H4N2O3S/c10-4-3(5(11)9-6(4)12)7-8-1-2-13-7/h1-2H,(H2,9,10,11,12). The van der Waals surface area contributed by atoms with Crippen molar-refractivity contribution in [3.8, 4) is 0 Å². The predicted octanol–water partition coefficient (Wildman–Crippen LogP) is 0.0686. The Bertz CT molecular complexity index is 407. The van der Waals surface area contributed by atoms with Gasteiger partial charge in [0.1, 0.15) is 10.6 Å². The lowest BCUT2D eigenvalue weighted by Gasteiger charge is -1.91. The fraction of sp³-hybridized carbons (Fsp3) is 0. The molecule has 0 aromatic carbocycles. The van der Waals surface area contributed by atoms with Crippen LogP contribution in [0.3, 0.4) is 0 Å². The van der Waals surface area contributed by atoms with E-state index in [-0.39, 0.29) is 5.57 Å². The number of aliphatic hydroxyl groups is 1. The van der Waals surface area contributed by atoms with E-state index in [0.29, 0.717) is 5.01 Å². The van der Waals surface area contributed by atoms with Crippen LogP contribution in [0.5, 0.6) is 0 Å². The third-order valence-electron chi connectivity index (χ3n) is 1.55. The van der Waals surface area contributed by atoms with Crippen molar-refractivity contribution >= 4 is 28.7 Å². The summed E-state index contributed by atoms with van der Waals surface area (Å²) < 4.78 is 0. The Morgan fingerprint density at radius 1 is 1.38 bits per heavy atom. The average molecular weight is 196 g/mol. The van der Waals surface area contributed by atoms with Crippen LogP contribution in [-0.2, 0) is 9.59 Å². The molecule has 0 radical (unpaired) electrons. The third kappa shape index (κ3) is 1.11. The topological polar surface area (TPSA) is 79.3 Å². The molecule has 2 rings (SSSR count). The molecule has 2 amide bonds. The zero-order chi connectivity index (χ0) is 9.42. The van der Waals surface area contributed by atoms with Crippen LogP contribution in [0, 0.1) is 0 Å². The van der Waals surface area contributed by atoms with Crippen molar-refractivity contribution in [3.05, 3.63) is 22.3 Å². The first kappa shape index (κ1) is 7.93. The minimum atomic E-state index is -0.768. The molecule has 1 aliphatic rings. The van der Waals surface area contributed by atoms with E-state index in [1.807, 2.05) is 5.32 Å². The van der Waals surface area contributed by atoms with Crippen molar-refractivity contribution in [2.24, 2.45) is 0 Å². The number of carbonyl (C=O) groups excluding carboxylic acids is 2. The van der Waals surface area contributed by atoms with Crippen molar-refractivity contribution in [3.63, 3.8) is 0 Å². The first-order valence-electron chi connectivity index (χ1n) is 3.39. The van der Waals surface area contributed by atoms with Crippen LogP contribution in [0.2, 0.25) is 0 Å². The normalized spacial score (nSPS) is 16.6. The second-order valence-electron chi connectivity index (χ2n) is 2.34. The second-order valence-corrected chi connectivity index (χ2v) is 3.24. The van der Waals surface area contributed by atoms with E-state index in [9.17, 15) is 14.7 Å². The molecular weight excluding hydrogens is 192 g/mol. The van der Waals surface area contributed by atoms with E-state index < -0.39 is 17.6 Å². The molecular formula is C7H4N2O3S. The maximum Gasteiger partial charge on any atom is 0.293 e. The van der Waals surface area contributed by atoms with E-state index in [1.165, 1.54) is 17.5 Å². The monoisotopic (exact) mass is 196 g/mol. The van der Waals surface area contributed by atoms with Crippen LogP contribution in [0.15, 0.2) is 17.3 Å². The fourth-order valence-corrected chi connectivity index (χ4v) is 1.67. The van der Waals surface area contributed by atoms with Crippen molar-refractivity contribution in [1.29, 1.82) is 0 Å². The molecule has 5 nitrogen and oxygen atoms in total. The van der Waals surface area contributed by atoms with Crippen LogP contribution in [0.25, 0.3) is 5.57 Å². The van der Waals surface area contributed by atoms with Gasteiger partial charge in [-0.25, -0.2) is 4.98 Å². The summed E-state index contributed by atoms with van der Waals surface area (Å²) in [5, 5.41) is 13.2. The van der Waals surface area contributed by atoms with E-state index >= 15 is 0 Å². The minimum Gasteiger partial charge on any atom is -0.502 e. The lowest BCUT2D eigenvalue weighted by molar-refractivity contribution is -0.124. The molecule has 1 aromatic heterocycles. The van der Waals surface area contributed by atoms with E-state index in [1.54, 1.807) is 5.38 Å². The maximum absolute atomic E-state index is 11.1. The Kier molecular flexibility index (Phi) is 1.63. The Labute approximate surface area is 76.7 Å². The van der Waals surface area contributed by atoms with Gasteiger partial charge >= 0.3 is 0 Å². The summed E-state index contributed by atoms with van der Waals surface area (Å²) >= 11 is 1.19. The molecule has 6 heteroatoms. The van der Waals surface area contributed by atoms with Gasteiger partial charge in [-0.05, 0) is 0 Å². The molecule has 0 saturated carbocycles. The van der Waals surface area contributed by atoms with Gasteiger partial charge in [-0.2, -0.15) is 0 Å². The molecule has 0 aliphatic carbocycles. The quantitative estimate of drug-likeness (QED) is 0.623. The molecule has 0 unspecified atom stereocenters. The van der Waals surface area contributed by atoms with Crippen LogP contribution >= 0.6 is 11.3 Å². The molecule has 1 aromatic rings. The number of hydrogen-bond donors (Lipinski definition) is 2. The third-order valence-corrected chi connectivity index (χ3v) is 2.34. The summed E-state index contributed by atoms with van der Waals surface area (Å²) in [6.45, 7) is 0. The van der Waals surface area contributed by atoms with Crippen LogP contribution in [0.4, 0.5) is 0 Å². The zero-order valence-electron chi connectivity index (χ0n) is 6.27. The molecule has 0 bridgehead atoms. The van der Waals surface area contributed by atoms with Gasteiger partial charge in [0.25, 0.3) is 11.8 Å². The number of aromatic nitrogens is 1. The number of nitrogens with zero attached hydrogens (tertiary/aromatic N) is 1. The summed E-state index contributed by atoms with van der Waals surface area (Å²) in [5.41, 5.74) is -0.0417. The van der Waals surface area contributed by atoms with Crippen molar-refractivity contribution in [2.45, 2.75) is 0 Å². The SMILES string of the molecule is O=C1NC(=O)C(c2nccs2)=C1O. The van der Waals surface area contributed by atoms with Crippen LogP contribution in [-0.4, -0.2) is 21.9 Å². The summed E-state index contributed by atoms with van der Waals surface area (Å²) in [6, 6.07) is 0. The molecule has 0 atom stereocenters. The molecule has 1 aliphatic heterocycles. The van der Waals surface area contributed by atoms with Crippen molar-refractivity contribution in [1.82, 2.24) is 10.3 Å². The molecule has 13 heavy (non-hydrogen) atoms. The Morgan fingerprint density at radius 2 is 2.15 bits per heavy atom. The fourth-order valence-electron chi connectivity index (χ4n) is 0.991. The average Bonchev–Trinajstić information content (AvgIpc) is 2.63. The zero-order valence-corrected chi connectivity index (χ0v) is 7.09. The van der Waals surface area contributed by atoms with Crippen LogP contribution in [0.1, 0.15) is 5.01 Å². The van der Waals surface area contributed by atoms with Gasteiger partial charge in [-0.3, -0.25) is 14.9 Å². The number of carbonyl (C=O) groups is 2. The summed E-state index contributed by atoms with van der Waals surface area (Å²) in [6.07, 6.45) is 1.50. The Balaban J connectivity index is 2.54. The number of imide groups is 1. The molecule has 66 valence electrons. The number of hydrogen-bond acceptors (Lipinski definition) is 5. The molecule has 0 spiro atoms. The number of aliphatic hydroxyl groups excluding tert-OH is 1. The molecule has 0 saturated heterocycles. The number of amides is 2. The molecule has 2 heterocycles. The van der Waals surface area contributed by atoms with Gasteiger partial charge in [0, 0.05) is 11.6 Å². The summed E-state index contributed by atoms with van der Waals surface area (Å²) in [4.78, 5) is 25.8. The summed E-state index contributed by atoms with van der Waals surface area (Å²) in [5.74, 6) is -1.92. The highest BCUT2D eigenvalue weighted by Gasteiger charge is 2.32. The van der Waals surface area contributed by atoms with E-state index in [2.05, 4.69) is 4.98 Å². The highest BCUT2D eigenvalue weighted by Crippen LogP contribution is 2.23. The van der Waals surface area contributed by atoms with E-state index in [0.717, 1.165) is 0 Å². The van der Waals surface area contributed by atoms with Gasteiger partial charge in [0.15, 0.2) is 5.76 Å². The van der Waals surface area contributed by atoms with Gasteiger partial charge in [0.05, 0.1) is 0 Å². The molecule has 0 fully saturated rings. The Morgan fingerprint density at radius 3 is 2.62 bits per heavy atom. The first-order valence-corrected chi connectivity index (χ1v) is 4.27. The number of rotatable bonds is 1. The van der Waals surface area contributed by atoms with Gasteiger partial charge in [0.2, 0.25) is 0 Å². The van der Waals surface area contributed by atoms with Crippen LogP contribution < -0.4 is 5.32 Å². The van der Waals surface area contributed by atoms with Gasteiger partial charge < -0.3 is 5.11 Å². The minimum absolute atomic E-state index is 0.0417. The smallest absolute Gasteiger partial charge is 0.293 e. The maximum atomic E-state index is 11.1. The summed E-state index contributed by atoms with van der Waals surface area (Å²) in [7, 11) is 0. The first-order chi connectivity index (χ1) is 6.20. The number of nitrogens with one attached hydrogen (secondary N) is 1. The molecule has 2 N–H and O–H groups in total. The highest BCUT2D eigenvalue weighted by molar-refractivity contribution is 7.11. The predicted molar refractivity (Wildman–Crippen MR) is 44.8 cm³/mol. The van der Waals surface area contributed by atoms with Crippen molar-refractivity contribution in [2.75, 3.05) is 0 Å². The van der Waals surface area contributed by atoms with Gasteiger partial charge in [-0.1, -0.05) is 0 Å². The Hall–Kier alpha value is -1.69. The lowest BCUT2D eigenvalue weighted by atomic mass is 10.2. The van der Waals surface area contributed by atoms with E-state index in [4.69, 9.17) is 0 Å². The van der Waals surface area contributed by atoms with Crippen molar-refractivity contribution < 1.29 is 14.7 Å². The lowest BCUT2D eigenvalue weighted by Crippen LogP contribution is -2.22. The number of thiazole rings is 1. The largest absolute Gasteiger partial charge is 0.502 e. The van der Waals surface area contributed by atoms with Gasteiger partial charge in [-0.15, -0.1) is 11.3 Å². The second kappa shape index (κ2) is 2.67.